The molecule has 0 aromatic heterocycles. The zero-order chi connectivity index (χ0) is 11.4. The highest BCUT2D eigenvalue weighted by Crippen LogP contribution is 2.39. The molecule has 1 saturated carbocycles. The van der Waals surface area contributed by atoms with Crippen LogP contribution >= 0.6 is 0 Å². The maximum Gasteiger partial charge on any atom is 0.0334 e. The summed E-state index contributed by atoms with van der Waals surface area (Å²) in [6.45, 7) is 5.85. The van der Waals surface area contributed by atoms with Crippen molar-refractivity contribution in [2.75, 3.05) is 19.6 Å². The maximum atomic E-state index is 6.11. The molecule has 2 heteroatoms. The molecular formula is C14H28N2. The molecule has 0 aromatic carbocycles. The van der Waals surface area contributed by atoms with Crippen LogP contribution in [0.5, 0.6) is 0 Å². The summed E-state index contributed by atoms with van der Waals surface area (Å²) in [5.41, 5.74) is 6.48. The molecular weight excluding hydrogens is 196 g/mol. The number of nitrogens with zero attached hydrogens (tertiary/aromatic N) is 1. The molecule has 2 unspecified atom stereocenters. The van der Waals surface area contributed by atoms with Crippen molar-refractivity contribution in [1.29, 1.82) is 0 Å². The fourth-order valence-corrected chi connectivity index (χ4v) is 3.69. The van der Waals surface area contributed by atoms with Gasteiger partial charge >= 0.3 is 0 Å². The van der Waals surface area contributed by atoms with Crippen LogP contribution in [0.3, 0.4) is 0 Å². The number of hydrogen-bond donors (Lipinski definition) is 1. The van der Waals surface area contributed by atoms with Crippen molar-refractivity contribution in [3.05, 3.63) is 0 Å². The lowest BCUT2D eigenvalue weighted by molar-refractivity contribution is 0.0858. The second-order valence-corrected chi connectivity index (χ2v) is 6.03. The molecule has 1 saturated heterocycles. The van der Waals surface area contributed by atoms with Gasteiger partial charge in [0.05, 0.1) is 0 Å². The van der Waals surface area contributed by atoms with E-state index in [4.69, 9.17) is 5.73 Å². The van der Waals surface area contributed by atoms with Gasteiger partial charge in [0, 0.05) is 12.1 Å². The van der Waals surface area contributed by atoms with Crippen molar-refractivity contribution in [3.8, 4) is 0 Å². The molecule has 0 bridgehead atoms. The highest BCUT2D eigenvalue weighted by Gasteiger charge is 2.40. The third-order valence-corrected chi connectivity index (χ3v) is 4.74. The molecule has 2 nitrogen and oxygen atoms in total. The quantitative estimate of drug-likeness (QED) is 0.781. The minimum absolute atomic E-state index is 0.372. The first-order chi connectivity index (χ1) is 7.77. The Morgan fingerprint density at radius 1 is 1.12 bits per heavy atom. The Bertz CT molecular complexity index is 209. The topological polar surface area (TPSA) is 29.3 Å². The SMILES string of the molecule is CC1CCC(CN)(N2CCCCCCC2)C1. The van der Waals surface area contributed by atoms with Crippen molar-refractivity contribution < 1.29 is 0 Å². The van der Waals surface area contributed by atoms with Gasteiger partial charge in [-0.1, -0.05) is 26.2 Å². The third kappa shape index (κ3) is 2.60. The first-order valence-electron chi connectivity index (χ1n) is 7.22. The van der Waals surface area contributed by atoms with Gasteiger partial charge < -0.3 is 5.73 Å². The van der Waals surface area contributed by atoms with Gasteiger partial charge in [0.2, 0.25) is 0 Å². The van der Waals surface area contributed by atoms with Crippen LogP contribution in [0.15, 0.2) is 0 Å². The van der Waals surface area contributed by atoms with Gasteiger partial charge in [-0.15, -0.1) is 0 Å². The van der Waals surface area contributed by atoms with Crippen LogP contribution in [0.1, 0.15) is 58.3 Å². The molecule has 1 aliphatic heterocycles. The second kappa shape index (κ2) is 5.50. The zero-order valence-corrected chi connectivity index (χ0v) is 10.9. The van der Waals surface area contributed by atoms with E-state index in [0.29, 0.717) is 5.54 Å². The molecule has 2 N–H and O–H groups in total. The first kappa shape index (κ1) is 12.4. The minimum atomic E-state index is 0.372. The van der Waals surface area contributed by atoms with E-state index in [9.17, 15) is 0 Å². The van der Waals surface area contributed by atoms with Crippen LogP contribution in [0.2, 0.25) is 0 Å². The van der Waals surface area contributed by atoms with Gasteiger partial charge in [-0.3, -0.25) is 4.90 Å². The first-order valence-corrected chi connectivity index (χ1v) is 7.22. The Morgan fingerprint density at radius 3 is 2.25 bits per heavy atom. The zero-order valence-electron chi connectivity index (χ0n) is 10.9. The lowest BCUT2D eigenvalue weighted by atomic mass is 9.92. The van der Waals surface area contributed by atoms with Crippen LogP contribution in [0, 0.1) is 5.92 Å². The number of hydrogen-bond acceptors (Lipinski definition) is 2. The van der Waals surface area contributed by atoms with E-state index in [1.807, 2.05) is 0 Å². The van der Waals surface area contributed by atoms with Gasteiger partial charge in [-0.2, -0.15) is 0 Å². The van der Waals surface area contributed by atoms with E-state index < -0.39 is 0 Å². The fraction of sp³-hybridized carbons (Fsp3) is 1.00. The van der Waals surface area contributed by atoms with Crippen LogP contribution in [-0.4, -0.2) is 30.1 Å². The Labute approximate surface area is 101 Å². The Kier molecular flexibility index (Phi) is 4.26. The molecule has 2 fully saturated rings. The molecule has 2 rings (SSSR count). The minimum Gasteiger partial charge on any atom is -0.329 e. The lowest BCUT2D eigenvalue weighted by Gasteiger charge is -2.42. The van der Waals surface area contributed by atoms with Crippen LogP contribution in [-0.2, 0) is 0 Å². The standard InChI is InChI=1S/C14H28N2/c1-13-7-8-14(11-13,12-15)16-9-5-3-2-4-6-10-16/h13H,2-12,15H2,1H3. The summed E-state index contributed by atoms with van der Waals surface area (Å²) in [4.78, 5) is 2.75. The number of nitrogens with two attached hydrogens (primary N) is 1. The van der Waals surface area contributed by atoms with E-state index >= 15 is 0 Å². The smallest absolute Gasteiger partial charge is 0.0334 e. The van der Waals surface area contributed by atoms with Crippen molar-refractivity contribution in [2.24, 2.45) is 11.7 Å². The van der Waals surface area contributed by atoms with Crippen LogP contribution in [0.25, 0.3) is 0 Å². The van der Waals surface area contributed by atoms with E-state index in [1.54, 1.807) is 0 Å². The van der Waals surface area contributed by atoms with E-state index in [2.05, 4.69) is 11.8 Å². The average molecular weight is 224 g/mol. The van der Waals surface area contributed by atoms with E-state index in [0.717, 1.165) is 12.5 Å². The Hall–Kier alpha value is -0.0800. The van der Waals surface area contributed by atoms with Gasteiger partial charge in [0.25, 0.3) is 0 Å². The maximum absolute atomic E-state index is 6.11. The molecule has 94 valence electrons. The molecule has 0 aromatic rings. The van der Waals surface area contributed by atoms with Gasteiger partial charge in [-0.05, 0) is 51.1 Å². The van der Waals surface area contributed by atoms with Crippen molar-refractivity contribution in [1.82, 2.24) is 4.90 Å². The summed E-state index contributed by atoms with van der Waals surface area (Å²) < 4.78 is 0. The van der Waals surface area contributed by atoms with Crippen molar-refractivity contribution >= 4 is 0 Å². The highest BCUT2D eigenvalue weighted by atomic mass is 15.2. The highest BCUT2D eigenvalue weighted by molar-refractivity contribution is 4.98. The number of rotatable bonds is 2. The summed E-state index contributed by atoms with van der Waals surface area (Å²) in [7, 11) is 0. The summed E-state index contributed by atoms with van der Waals surface area (Å²) in [6.07, 6.45) is 11.1. The van der Waals surface area contributed by atoms with Gasteiger partial charge in [-0.25, -0.2) is 0 Å². The monoisotopic (exact) mass is 224 g/mol. The molecule has 1 aliphatic carbocycles. The van der Waals surface area contributed by atoms with Gasteiger partial charge in [0.1, 0.15) is 0 Å². The molecule has 2 aliphatic rings. The van der Waals surface area contributed by atoms with Gasteiger partial charge in [0.15, 0.2) is 0 Å². The van der Waals surface area contributed by atoms with E-state index in [1.165, 1.54) is 64.5 Å². The predicted octanol–water partition coefficient (Wildman–Crippen LogP) is 2.77. The number of likely N-dealkylation sites (tertiary alicyclic amines) is 1. The normalized spacial score (nSPS) is 38.2. The van der Waals surface area contributed by atoms with Crippen molar-refractivity contribution in [3.63, 3.8) is 0 Å². The molecule has 16 heavy (non-hydrogen) atoms. The third-order valence-electron chi connectivity index (χ3n) is 4.74. The lowest BCUT2D eigenvalue weighted by Crippen LogP contribution is -2.53. The molecule has 0 spiro atoms. The Morgan fingerprint density at radius 2 is 1.75 bits per heavy atom. The summed E-state index contributed by atoms with van der Waals surface area (Å²) >= 11 is 0. The van der Waals surface area contributed by atoms with E-state index in [-0.39, 0.29) is 0 Å². The summed E-state index contributed by atoms with van der Waals surface area (Å²) in [5, 5.41) is 0. The summed E-state index contributed by atoms with van der Waals surface area (Å²) in [5.74, 6) is 0.883. The predicted molar refractivity (Wildman–Crippen MR) is 69.5 cm³/mol. The van der Waals surface area contributed by atoms with Crippen molar-refractivity contribution in [2.45, 2.75) is 63.8 Å². The Balaban J connectivity index is 2.00. The molecule has 0 radical (unpaired) electrons. The van der Waals surface area contributed by atoms with Crippen LogP contribution < -0.4 is 5.73 Å². The molecule has 1 heterocycles. The molecule has 2 atom stereocenters. The largest absolute Gasteiger partial charge is 0.329 e. The van der Waals surface area contributed by atoms with Crippen LogP contribution in [0.4, 0.5) is 0 Å². The molecule has 0 amide bonds. The average Bonchev–Trinajstić information content (AvgIpc) is 2.61. The second-order valence-electron chi connectivity index (χ2n) is 6.03. The fourth-order valence-electron chi connectivity index (χ4n) is 3.69. The summed E-state index contributed by atoms with van der Waals surface area (Å²) in [6, 6.07) is 0.